The van der Waals surface area contributed by atoms with E-state index in [0.29, 0.717) is 15.8 Å². The molecule has 0 saturated carbocycles. The Morgan fingerprint density at radius 1 is 1.40 bits per heavy atom. The van der Waals surface area contributed by atoms with Crippen molar-refractivity contribution in [1.29, 1.82) is 0 Å². The largest absolute Gasteiger partial charge is 0.491 e. The number of rotatable bonds is 7. The third kappa shape index (κ3) is 5.99. The second-order valence-electron chi connectivity index (χ2n) is 4.79. The molecule has 20 heavy (non-hydrogen) atoms. The summed E-state index contributed by atoms with van der Waals surface area (Å²) < 4.78 is 5.40. The van der Waals surface area contributed by atoms with E-state index in [1.807, 2.05) is 13.8 Å². The molecule has 1 atom stereocenters. The molecule has 0 radical (unpaired) electrons. The van der Waals surface area contributed by atoms with E-state index < -0.39 is 6.10 Å². The van der Waals surface area contributed by atoms with Crippen LogP contribution in [-0.4, -0.2) is 30.3 Å². The van der Waals surface area contributed by atoms with Crippen LogP contribution in [0.1, 0.15) is 20.3 Å². The second kappa shape index (κ2) is 8.35. The van der Waals surface area contributed by atoms with Crippen LogP contribution >= 0.6 is 23.2 Å². The zero-order valence-corrected chi connectivity index (χ0v) is 13.0. The highest BCUT2D eigenvalue weighted by molar-refractivity contribution is 6.35. The van der Waals surface area contributed by atoms with Crippen LogP contribution < -0.4 is 10.1 Å². The fraction of sp³-hybridized carbons (Fsp3) is 0.500. The molecule has 112 valence electrons. The second-order valence-corrected chi connectivity index (χ2v) is 5.63. The maximum absolute atomic E-state index is 11.5. The molecule has 0 bridgehead atoms. The van der Waals surface area contributed by atoms with E-state index in [4.69, 9.17) is 27.9 Å². The Kier molecular flexibility index (Phi) is 7.13. The van der Waals surface area contributed by atoms with Crippen LogP contribution in [0.2, 0.25) is 10.0 Å². The molecule has 1 rings (SSSR count). The quantitative estimate of drug-likeness (QED) is 0.812. The van der Waals surface area contributed by atoms with E-state index in [1.165, 1.54) is 0 Å². The maximum atomic E-state index is 11.5. The average molecular weight is 320 g/mol. The van der Waals surface area contributed by atoms with Gasteiger partial charge in [0.2, 0.25) is 5.91 Å². The van der Waals surface area contributed by atoms with Crippen molar-refractivity contribution in [3.63, 3.8) is 0 Å². The van der Waals surface area contributed by atoms with Gasteiger partial charge in [-0.25, -0.2) is 0 Å². The fourth-order valence-electron chi connectivity index (χ4n) is 1.39. The number of hydrogen-bond donors (Lipinski definition) is 2. The van der Waals surface area contributed by atoms with Crippen LogP contribution in [0.3, 0.4) is 0 Å². The van der Waals surface area contributed by atoms with Gasteiger partial charge in [0.15, 0.2) is 0 Å². The standard InChI is InChI=1S/C14H19Cl2NO3/c1-9(2)12(18)8-17-14(19)5-6-20-13-4-3-10(15)7-11(13)16/h3-4,7,9,12,18H,5-6,8H2,1-2H3,(H,17,19). The highest BCUT2D eigenvalue weighted by Crippen LogP contribution is 2.27. The highest BCUT2D eigenvalue weighted by Gasteiger charge is 2.11. The van der Waals surface area contributed by atoms with E-state index in [9.17, 15) is 9.90 Å². The minimum Gasteiger partial charge on any atom is -0.491 e. The number of aliphatic hydroxyl groups excluding tert-OH is 1. The summed E-state index contributed by atoms with van der Waals surface area (Å²) in [4.78, 5) is 11.5. The van der Waals surface area contributed by atoms with Gasteiger partial charge < -0.3 is 15.2 Å². The Bertz CT molecular complexity index is 452. The lowest BCUT2D eigenvalue weighted by Crippen LogP contribution is -2.35. The number of aliphatic hydroxyl groups is 1. The van der Waals surface area contributed by atoms with Crippen molar-refractivity contribution in [1.82, 2.24) is 5.32 Å². The van der Waals surface area contributed by atoms with Gasteiger partial charge in [-0.15, -0.1) is 0 Å². The van der Waals surface area contributed by atoms with Crippen LogP contribution in [0, 0.1) is 5.92 Å². The molecule has 2 N–H and O–H groups in total. The van der Waals surface area contributed by atoms with Crippen molar-refractivity contribution in [2.75, 3.05) is 13.2 Å². The molecule has 1 aromatic rings. The molecule has 0 spiro atoms. The molecule has 4 nitrogen and oxygen atoms in total. The van der Waals surface area contributed by atoms with E-state index in [1.54, 1.807) is 18.2 Å². The zero-order chi connectivity index (χ0) is 15.1. The molecule has 0 aliphatic carbocycles. The van der Waals surface area contributed by atoms with Crippen molar-refractivity contribution >= 4 is 29.1 Å². The third-order valence-electron chi connectivity index (χ3n) is 2.76. The van der Waals surface area contributed by atoms with Crippen LogP contribution in [-0.2, 0) is 4.79 Å². The van der Waals surface area contributed by atoms with E-state index in [2.05, 4.69) is 5.32 Å². The van der Waals surface area contributed by atoms with Crippen LogP contribution in [0.5, 0.6) is 5.75 Å². The summed E-state index contributed by atoms with van der Waals surface area (Å²) in [6, 6.07) is 4.91. The van der Waals surface area contributed by atoms with Gasteiger partial charge in [-0.05, 0) is 24.1 Å². The lowest BCUT2D eigenvalue weighted by molar-refractivity contribution is -0.122. The smallest absolute Gasteiger partial charge is 0.223 e. The molecule has 0 aromatic heterocycles. The van der Waals surface area contributed by atoms with Crippen LogP contribution in [0.25, 0.3) is 0 Å². The average Bonchev–Trinajstić information content (AvgIpc) is 2.38. The number of halogens is 2. The first-order valence-corrected chi connectivity index (χ1v) is 7.18. The monoisotopic (exact) mass is 319 g/mol. The zero-order valence-electron chi connectivity index (χ0n) is 11.5. The van der Waals surface area contributed by atoms with Gasteiger partial charge in [0.25, 0.3) is 0 Å². The van der Waals surface area contributed by atoms with E-state index in [-0.39, 0.29) is 31.4 Å². The molecule has 1 amide bonds. The predicted molar refractivity (Wildman–Crippen MR) is 80.4 cm³/mol. The van der Waals surface area contributed by atoms with Gasteiger partial charge in [0.1, 0.15) is 5.75 Å². The highest BCUT2D eigenvalue weighted by atomic mass is 35.5. The van der Waals surface area contributed by atoms with Crippen LogP contribution in [0.4, 0.5) is 0 Å². The van der Waals surface area contributed by atoms with Gasteiger partial charge in [-0.2, -0.15) is 0 Å². The Labute approximate surface area is 129 Å². The van der Waals surface area contributed by atoms with Crippen molar-refractivity contribution in [2.45, 2.75) is 26.4 Å². The summed E-state index contributed by atoms with van der Waals surface area (Å²) in [5.41, 5.74) is 0. The fourth-order valence-corrected chi connectivity index (χ4v) is 1.85. The molecular weight excluding hydrogens is 301 g/mol. The molecule has 0 heterocycles. The van der Waals surface area contributed by atoms with Gasteiger partial charge in [-0.3, -0.25) is 4.79 Å². The van der Waals surface area contributed by atoms with Gasteiger partial charge in [-0.1, -0.05) is 37.0 Å². The van der Waals surface area contributed by atoms with Crippen molar-refractivity contribution in [3.8, 4) is 5.75 Å². The number of ether oxygens (including phenoxy) is 1. The van der Waals surface area contributed by atoms with Gasteiger partial charge in [0, 0.05) is 11.6 Å². The topological polar surface area (TPSA) is 58.6 Å². The first-order chi connectivity index (χ1) is 9.40. The predicted octanol–water partition coefficient (Wildman–Crippen LogP) is 2.90. The number of nitrogens with one attached hydrogen (secondary N) is 1. The molecule has 0 aliphatic rings. The molecule has 0 saturated heterocycles. The Balaban J connectivity index is 2.28. The van der Waals surface area contributed by atoms with Gasteiger partial charge >= 0.3 is 0 Å². The SMILES string of the molecule is CC(C)C(O)CNC(=O)CCOc1ccc(Cl)cc1Cl. The van der Waals surface area contributed by atoms with E-state index in [0.717, 1.165) is 0 Å². The first kappa shape index (κ1) is 17.1. The number of carbonyl (C=O) groups is 1. The minimum atomic E-state index is -0.537. The van der Waals surface area contributed by atoms with Crippen LogP contribution in [0.15, 0.2) is 18.2 Å². The molecule has 0 aliphatic heterocycles. The summed E-state index contributed by atoms with van der Waals surface area (Å²) in [5, 5.41) is 13.2. The lowest BCUT2D eigenvalue weighted by Gasteiger charge is -2.15. The number of carbonyl (C=O) groups excluding carboxylic acids is 1. The molecule has 0 fully saturated rings. The Morgan fingerprint density at radius 2 is 2.10 bits per heavy atom. The molecular formula is C14H19Cl2NO3. The lowest BCUT2D eigenvalue weighted by atomic mass is 10.1. The third-order valence-corrected chi connectivity index (χ3v) is 3.29. The summed E-state index contributed by atoms with van der Waals surface area (Å²) in [6.07, 6.45) is -0.338. The number of hydrogen-bond acceptors (Lipinski definition) is 3. The number of benzene rings is 1. The van der Waals surface area contributed by atoms with Gasteiger partial charge in [0.05, 0.1) is 24.2 Å². The summed E-state index contributed by atoms with van der Waals surface area (Å²) >= 11 is 11.7. The number of amides is 1. The Hall–Kier alpha value is -0.970. The molecule has 6 heteroatoms. The Morgan fingerprint density at radius 3 is 2.70 bits per heavy atom. The van der Waals surface area contributed by atoms with Crippen molar-refractivity contribution < 1.29 is 14.6 Å². The van der Waals surface area contributed by atoms with E-state index >= 15 is 0 Å². The maximum Gasteiger partial charge on any atom is 0.223 e. The molecule has 1 aromatic carbocycles. The van der Waals surface area contributed by atoms with Crippen molar-refractivity contribution in [2.24, 2.45) is 5.92 Å². The normalized spacial score (nSPS) is 12.3. The first-order valence-electron chi connectivity index (χ1n) is 6.42. The summed E-state index contributed by atoms with van der Waals surface area (Å²) in [6.45, 7) is 4.24. The molecule has 1 unspecified atom stereocenters. The summed E-state index contributed by atoms with van der Waals surface area (Å²) in [5.74, 6) is 0.431. The minimum absolute atomic E-state index is 0.111. The summed E-state index contributed by atoms with van der Waals surface area (Å²) in [7, 11) is 0. The van der Waals surface area contributed by atoms with Crippen molar-refractivity contribution in [3.05, 3.63) is 28.2 Å².